The second-order valence-corrected chi connectivity index (χ2v) is 12.5. The molecule has 11 heteroatoms. The number of urea groups is 1. The Labute approximate surface area is 264 Å². The molecule has 0 aliphatic carbocycles. The van der Waals surface area contributed by atoms with Gasteiger partial charge in [0.05, 0.1) is 18.1 Å². The van der Waals surface area contributed by atoms with Gasteiger partial charge in [0.2, 0.25) is 5.91 Å². The van der Waals surface area contributed by atoms with Crippen LogP contribution in [0.4, 0.5) is 4.79 Å². The van der Waals surface area contributed by atoms with Crippen LogP contribution in [0.5, 0.6) is 0 Å². The summed E-state index contributed by atoms with van der Waals surface area (Å²) in [6.45, 7) is 2.13. The SMILES string of the molecule is O=C(NCCCCC(C=CS(=O)(=O)c1ccccc1)NC(=O)C(Cc1ccccc1)NC(=O)N1CCOCC1)c1ccccc1. The fourth-order valence-corrected chi connectivity index (χ4v) is 5.93. The van der Waals surface area contributed by atoms with Crippen molar-refractivity contribution < 1.29 is 27.5 Å². The minimum atomic E-state index is -3.75. The summed E-state index contributed by atoms with van der Waals surface area (Å²) in [6, 6.07) is 24.5. The number of ether oxygens (including phenoxy) is 1. The number of rotatable bonds is 14. The van der Waals surface area contributed by atoms with Crippen molar-refractivity contribution >= 4 is 27.7 Å². The van der Waals surface area contributed by atoms with Crippen molar-refractivity contribution in [2.75, 3.05) is 32.8 Å². The van der Waals surface area contributed by atoms with E-state index in [1.165, 1.54) is 18.2 Å². The maximum Gasteiger partial charge on any atom is 0.318 e. The highest BCUT2D eigenvalue weighted by Crippen LogP contribution is 2.14. The van der Waals surface area contributed by atoms with E-state index in [2.05, 4.69) is 16.0 Å². The number of sulfone groups is 1. The van der Waals surface area contributed by atoms with Crippen LogP contribution in [0, 0.1) is 0 Å². The second kappa shape index (κ2) is 17.1. The second-order valence-electron chi connectivity index (χ2n) is 10.7. The summed E-state index contributed by atoms with van der Waals surface area (Å²) in [5, 5.41) is 9.83. The quantitative estimate of drug-likeness (QED) is 0.232. The van der Waals surface area contributed by atoms with Gasteiger partial charge >= 0.3 is 6.03 Å². The van der Waals surface area contributed by atoms with E-state index in [1.54, 1.807) is 47.4 Å². The van der Waals surface area contributed by atoms with Gasteiger partial charge in [0, 0.05) is 43.1 Å². The van der Waals surface area contributed by atoms with Crippen molar-refractivity contribution in [2.24, 2.45) is 0 Å². The summed E-state index contributed by atoms with van der Waals surface area (Å²) >= 11 is 0. The molecule has 0 saturated carbocycles. The molecule has 238 valence electrons. The predicted molar refractivity (Wildman–Crippen MR) is 172 cm³/mol. The molecule has 3 N–H and O–H groups in total. The Morgan fingerprint density at radius 2 is 1.44 bits per heavy atom. The highest BCUT2D eigenvalue weighted by molar-refractivity contribution is 7.94. The smallest absolute Gasteiger partial charge is 0.318 e. The number of hydrogen-bond donors (Lipinski definition) is 3. The van der Waals surface area contributed by atoms with Crippen LogP contribution in [-0.4, -0.2) is 76.1 Å². The summed E-state index contributed by atoms with van der Waals surface area (Å²) in [4.78, 5) is 40.9. The maximum atomic E-state index is 13.7. The summed E-state index contributed by atoms with van der Waals surface area (Å²) in [5.41, 5.74) is 1.44. The third kappa shape index (κ3) is 10.9. The lowest BCUT2D eigenvalue weighted by Gasteiger charge is -2.29. The van der Waals surface area contributed by atoms with E-state index >= 15 is 0 Å². The zero-order valence-electron chi connectivity index (χ0n) is 25.1. The van der Waals surface area contributed by atoms with Gasteiger partial charge in [-0.2, -0.15) is 0 Å². The fraction of sp³-hybridized carbons (Fsp3) is 0.324. The normalized spacial score (nSPS) is 14.8. The summed E-state index contributed by atoms with van der Waals surface area (Å²) in [7, 11) is -3.75. The van der Waals surface area contributed by atoms with Gasteiger partial charge < -0.3 is 25.6 Å². The number of carbonyl (C=O) groups excluding carboxylic acids is 3. The van der Waals surface area contributed by atoms with Crippen LogP contribution < -0.4 is 16.0 Å². The minimum absolute atomic E-state index is 0.148. The summed E-state index contributed by atoms with van der Waals surface area (Å²) in [5.74, 6) is -0.598. The largest absolute Gasteiger partial charge is 0.378 e. The topological polar surface area (TPSA) is 134 Å². The molecule has 2 unspecified atom stereocenters. The first-order valence-electron chi connectivity index (χ1n) is 15.1. The van der Waals surface area contributed by atoms with Gasteiger partial charge in [-0.15, -0.1) is 0 Å². The van der Waals surface area contributed by atoms with E-state index in [-0.39, 0.29) is 23.3 Å². The van der Waals surface area contributed by atoms with Gasteiger partial charge in [-0.3, -0.25) is 9.59 Å². The van der Waals surface area contributed by atoms with Gasteiger partial charge in [-0.1, -0.05) is 72.8 Å². The van der Waals surface area contributed by atoms with E-state index < -0.39 is 27.8 Å². The molecule has 4 rings (SSSR count). The number of amides is 4. The molecule has 1 heterocycles. The number of nitrogens with one attached hydrogen (secondary N) is 3. The molecular formula is C34H40N4O6S. The molecule has 3 aromatic carbocycles. The first-order valence-corrected chi connectivity index (χ1v) is 16.7. The number of benzene rings is 3. The van der Waals surface area contributed by atoms with Gasteiger partial charge in [0.1, 0.15) is 6.04 Å². The molecule has 0 bridgehead atoms. The molecule has 1 aliphatic rings. The number of carbonyl (C=O) groups is 3. The minimum Gasteiger partial charge on any atom is -0.378 e. The van der Waals surface area contributed by atoms with Crippen molar-refractivity contribution in [1.82, 2.24) is 20.9 Å². The predicted octanol–water partition coefficient (Wildman–Crippen LogP) is 3.71. The molecule has 2 atom stereocenters. The summed E-state index contributed by atoms with van der Waals surface area (Å²) < 4.78 is 31.3. The van der Waals surface area contributed by atoms with Crippen LogP contribution in [0.1, 0.15) is 35.2 Å². The van der Waals surface area contributed by atoms with Crippen LogP contribution in [0.15, 0.2) is 107 Å². The van der Waals surface area contributed by atoms with Crippen LogP contribution in [0.2, 0.25) is 0 Å². The van der Waals surface area contributed by atoms with Gasteiger partial charge in [-0.05, 0) is 49.1 Å². The highest BCUT2D eigenvalue weighted by atomic mass is 32.2. The molecule has 0 spiro atoms. The van der Waals surface area contributed by atoms with Crippen molar-refractivity contribution in [2.45, 2.75) is 42.7 Å². The van der Waals surface area contributed by atoms with Crippen LogP contribution in [0.3, 0.4) is 0 Å². The lowest BCUT2D eigenvalue weighted by Crippen LogP contribution is -2.55. The third-order valence-corrected chi connectivity index (χ3v) is 8.79. The average molecular weight is 633 g/mol. The van der Waals surface area contributed by atoms with Gasteiger partial charge in [-0.25, -0.2) is 13.2 Å². The third-order valence-electron chi connectivity index (χ3n) is 7.35. The van der Waals surface area contributed by atoms with E-state index in [4.69, 9.17) is 4.74 Å². The van der Waals surface area contributed by atoms with Gasteiger partial charge in [0.25, 0.3) is 5.91 Å². The first-order chi connectivity index (χ1) is 21.8. The van der Waals surface area contributed by atoms with E-state index in [9.17, 15) is 22.8 Å². The zero-order chi connectivity index (χ0) is 31.9. The first kappa shape index (κ1) is 33.4. The molecule has 3 aromatic rings. The Hall–Kier alpha value is -4.48. The molecule has 1 aliphatic heterocycles. The Kier molecular flexibility index (Phi) is 12.7. The molecule has 1 saturated heterocycles. The highest BCUT2D eigenvalue weighted by Gasteiger charge is 2.26. The van der Waals surface area contributed by atoms with Crippen LogP contribution in [0.25, 0.3) is 0 Å². The lowest BCUT2D eigenvalue weighted by atomic mass is 10.0. The van der Waals surface area contributed by atoms with Crippen molar-refractivity contribution in [3.05, 3.63) is 114 Å². The standard InChI is InChI=1S/C34H40N4O6S/c39-32(28-14-6-2-7-15-28)35-20-11-10-16-29(19-25-45(42,43)30-17-8-3-9-18-30)36-33(40)31(26-27-12-4-1-5-13-27)37-34(41)38-21-23-44-24-22-38/h1-9,12-15,17-19,25,29,31H,10-11,16,20-24,26H2,(H,35,39)(H,36,40)(H,37,41). The number of nitrogens with zero attached hydrogens (tertiary/aromatic N) is 1. The molecule has 0 aromatic heterocycles. The molecule has 45 heavy (non-hydrogen) atoms. The molecule has 0 radical (unpaired) electrons. The Morgan fingerprint density at radius 1 is 0.822 bits per heavy atom. The van der Waals surface area contributed by atoms with Crippen molar-refractivity contribution in [3.63, 3.8) is 0 Å². The summed E-state index contributed by atoms with van der Waals surface area (Å²) in [6.07, 6.45) is 3.37. The number of hydrogen-bond acceptors (Lipinski definition) is 6. The maximum absolute atomic E-state index is 13.7. The van der Waals surface area contributed by atoms with Crippen LogP contribution >= 0.6 is 0 Å². The van der Waals surface area contributed by atoms with Gasteiger partial charge in [0.15, 0.2) is 9.84 Å². The molecule has 1 fully saturated rings. The van der Waals surface area contributed by atoms with E-state index in [0.717, 1.165) is 11.0 Å². The van der Waals surface area contributed by atoms with Crippen LogP contribution in [-0.2, 0) is 25.8 Å². The lowest BCUT2D eigenvalue weighted by molar-refractivity contribution is -0.123. The Bertz CT molecular complexity index is 1510. The average Bonchev–Trinajstić information content (AvgIpc) is 3.08. The molecule has 10 nitrogen and oxygen atoms in total. The number of morpholine rings is 1. The zero-order valence-corrected chi connectivity index (χ0v) is 26.0. The monoisotopic (exact) mass is 632 g/mol. The van der Waals surface area contributed by atoms with E-state index in [0.29, 0.717) is 57.7 Å². The number of unbranched alkanes of at least 4 members (excludes halogenated alkanes) is 1. The van der Waals surface area contributed by atoms with Crippen molar-refractivity contribution in [1.29, 1.82) is 0 Å². The van der Waals surface area contributed by atoms with Crippen molar-refractivity contribution in [3.8, 4) is 0 Å². The molecular weight excluding hydrogens is 592 g/mol. The Morgan fingerprint density at radius 3 is 2.11 bits per heavy atom. The Balaban J connectivity index is 1.44. The van der Waals surface area contributed by atoms with E-state index in [1.807, 2.05) is 36.4 Å². The molecule has 4 amide bonds. The fourth-order valence-electron chi connectivity index (χ4n) is 4.84.